The lowest BCUT2D eigenvalue weighted by Gasteiger charge is -2.37. The van der Waals surface area contributed by atoms with Gasteiger partial charge in [0.15, 0.2) is 0 Å². The summed E-state index contributed by atoms with van der Waals surface area (Å²) in [5, 5.41) is 0. The van der Waals surface area contributed by atoms with E-state index in [-0.39, 0.29) is 104 Å². The Morgan fingerprint density at radius 3 is 1.02 bits per heavy atom. The van der Waals surface area contributed by atoms with Gasteiger partial charge >= 0.3 is 35.8 Å². The number of pyridine rings is 1. The highest BCUT2D eigenvalue weighted by Gasteiger charge is 2.35. The number of rotatable bonds is 33. The summed E-state index contributed by atoms with van der Waals surface area (Å²) in [6, 6.07) is 3.02. The third-order valence-corrected chi connectivity index (χ3v) is 11.5. The minimum Gasteiger partial charge on any atom is -0.466 e. The predicted molar refractivity (Wildman–Crippen MR) is 251 cm³/mol. The fourth-order valence-electron chi connectivity index (χ4n) is 7.31. The van der Waals surface area contributed by atoms with Crippen molar-refractivity contribution in [3.8, 4) is 0 Å². The van der Waals surface area contributed by atoms with Crippen molar-refractivity contribution in [1.29, 1.82) is 0 Å². The molecule has 0 radical (unpaired) electrons. The van der Waals surface area contributed by atoms with Crippen LogP contribution in [0.2, 0.25) is 0 Å². The van der Waals surface area contributed by atoms with Crippen LogP contribution in [0.5, 0.6) is 0 Å². The fourth-order valence-corrected chi connectivity index (χ4v) is 7.31. The zero-order valence-electron chi connectivity index (χ0n) is 41.4. The first-order valence-corrected chi connectivity index (χ1v) is 25.1. The Bertz CT molecular complexity index is 1470. The minimum absolute atomic E-state index is 0.00564. The molecule has 1 aromatic heterocycles. The van der Waals surface area contributed by atoms with Crippen molar-refractivity contribution in [3.05, 3.63) is 29.6 Å². The van der Waals surface area contributed by atoms with E-state index < -0.39 is 53.9 Å². The van der Waals surface area contributed by atoms with Crippen LogP contribution in [-0.2, 0) is 70.3 Å². The van der Waals surface area contributed by atoms with Gasteiger partial charge in [-0.05, 0) is 69.9 Å². The second-order valence-corrected chi connectivity index (χ2v) is 17.0. The highest BCUT2D eigenvalue weighted by molar-refractivity contribution is 5.79. The van der Waals surface area contributed by atoms with Crippen LogP contribution in [0.3, 0.4) is 0 Å². The molecule has 16 nitrogen and oxygen atoms in total. The molecule has 2 bridgehead atoms. The monoisotopic (exact) mass is 933 g/mol. The zero-order chi connectivity index (χ0) is 48.4. The van der Waals surface area contributed by atoms with Crippen LogP contribution in [0.25, 0.3) is 0 Å². The molecule has 1 aromatic rings. The van der Waals surface area contributed by atoms with E-state index in [1.165, 1.54) is 0 Å². The summed E-state index contributed by atoms with van der Waals surface area (Å²) in [6.45, 7) is 14.9. The molecule has 3 atom stereocenters. The first kappa shape index (κ1) is 58.0. The van der Waals surface area contributed by atoms with E-state index in [0.29, 0.717) is 43.9 Å². The molecule has 0 saturated heterocycles. The van der Waals surface area contributed by atoms with E-state index in [4.69, 9.17) is 33.4 Å². The molecular formula is C50H84N4O12. The number of ether oxygens (including phenoxy) is 6. The third kappa shape index (κ3) is 24.0. The van der Waals surface area contributed by atoms with Gasteiger partial charge in [-0.15, -0.1) is 0 Å². The van der Waals surface area contributed by atoms with Crippen LogP contribution < -0.4 is 0 Å². The maximum Gasteiger partial charge on any atom is 0.323 e. The number of aromatic nitrogens is 1. The standard InChI is InChI=1S/C50H84N4O12/c1-7-13-32-61-45(55)25-22-42(48(58)64-35-16-10-4)52-28-30-53(43(49(59)65-36-17-11-5)23-26-46(56)62-33-14-8-2)38-40-20-19-21-41(51-40)39-54(31-29-52)44(50(60)66-37-18-12-6)24-27-47(57)63-34-15-9-3/h19-21,42-44H,7-18,22-39H2,1-6H3/t42?,43-,44-/m0/s1. The Morgan fingerprint density at radius 1 is 0.439 bits per heavy atom. The van der Waals surface area contributed by atoms with Gasteiger partial charge in [-0.3, -0.25) is 48.5 Å². The molecule has 2 heterocycles. The Morgan fingerprint density at radius 2 is 0.712 bits per heavy atom. The van der Waals surface area contributed by atoms with Gasteiger partial charge in [0.2, 0.25) is 0 Å². The van der Waals surface area contributed by atoms with Gasteiger partial charge in [-0.1, -0.05) is 86.1 Å². The van der Waals surface area contributed by atoms with Crippen molar-refractivity contribution in [2.75, 3.05) is 65.8 Å². The zero-order valence-corrected chi connectivity index (χ0v) is 41.4. The summed E-state index contributed by atoms with van der Waals surface area (Å²) in [5.74, 6) is -2.63. The van der Waals surface area contributed by atoms with Gasteiger partial charge in [0.1, 0.15) is 18.1 Å². The van der Waals surface area contributed by atoms with Crippen molar-refractivity contribution in [1.82, 2.24) is 19.7 Å². The van der Waals surface area contributed by atoms with Crippen LogP contribution in [0.1, 0.15) is 169 Å². The smallest absolute Gasteiger partial charge is 0.323 e. The van der Waals surface area contributed by atoms with E-state index in [1.54, 1.807) is 0 Å². The number of nitrogens with zero attached hydrogens (tertiary/aromatic N) is 4. The highest BCUT2D eigenvalue weighted by atomic mass is 16.6. The summed E-state index contributed by atoms with van der Waals surface area (Å²) in [7, 11) is 0. The Labute approximate surface area is 395 Å². The van der Waals surface area contributed by atoms with Crippen molar-refractivity contribution in [3.63, 3.8) is 0 Å². The number of unbranched alkanes of at least 4 members (excludes halogenated alkanes) is 6. The fraction of sp³-hybridized carbons (Fsp3) is 0.780. The van der Waals surface area contributed by atoms with E-state index in [0.717, 1.165) is 57.8 Å². The summed E-state index contributed by atoms with van der Waals surface area (Å²) in [4.78, 5) is 92.1. The second kappa shape index (κ2) is 36.0. The van der Waals surface area contributed by atoms with E-state index >= 15 is 0 Å². The Balaban J connectivity index is 2.74. The highest BCUT2D eigenvalue weighted by Crippen LogP contribution is 2.21. The van der Waals surface area contributed by atoms with Crippen molar-refractivity contribution < 1.29 is 57.2 Å². The van der Waals surface area contributed by atoms with Gasteiger partial charge in [0.25, 0.3) is 0 Å². The molecule has 0 aromatic carbocycles. The molecular weight excluding hydrogens is 849 g/mol. The van der Waals surface area contributed by atoms with Crippen LogP contribution in [-0.4, -0.2) is 139 Å². The van der Waals surface area contributed by atoms with E-state index in [1.807, 2.05) is 74.4 Å². The lowest BCUT2D eigenvalue weighted by Crippen LogP contribution is -2.53. The summed E-state index contributed by atoms with van der Waals surface area (Å²) in [6.07, 6.45) is 9.64. The van der Waals surface area contributed by atoms with Crippen LogP contribution in [0.4, 0.5) is 0 Å². The number of fused-ring (bicyclic) bond motifs is 2. The topological polar surface area (TPSA) is 180 Å². The molecule has 2 rings (SSSR count). The lowest BCUT2D eigenvalue weighted by molar-refractivity contribution is -0.155. The first-order valence-electron chi connectivity index (χ1n) is 25.1. The molecule has 0 N–H and O–H groups in total. The van der Waals surface area contributed by atoms with Crippen LogP contribution in [0, 0.1) is 0 Å². The average Bonchev–Trinajstić information content (AvgIpc) is 3.29. The van der Waals surface area contributed by atoms with Gasteiger partial charge < -0.3 is 28.4 Å². The molecule has 1 aliphatic rings. The van der Waals surface area contributed by atoms with Gasteiger partial charge in [-0.25, -0.2) is 0 Å². The maximum absolute atomic E-state index is 14.2. The molecule has 0 aliphatic carbocycles. The first-order chi connectivity index (χ1) is 32.0. The molecule has 1 unspecified atom stereocenters. The number of carbonyl (C=O) groups is 6. The largest absolute Gasteiger partial charge is 0.466 e. The Kier molecular flexibility index (Phi) is 31.6. The molecule has 376 valence electrons. The molecule has 0 spiro atoms. The van der Waals surface area contributed by atoms with Crippen LogP contribution >= 0.6 is 0 Å². The Hall–Kier alpha value is -4.15. The molecule has 0 saturated carbocycles. The van der Waals surface area contributed by atoms with Gasteiger partial charge in [0, 0.05) is 58.5 Å². The second-order valence-electron chi connectivity index (χ2n) is 17.0. The maximum atomic E-state index is 14.2. The quantitative estimate of drug-likeness (QED) is 0.0384. The predicted octanol–water partition coefficient (Wildman–Crippen LogP) is 7.51. The number of esters is 6. The van der Waals surface area contributed by atoms with Gasteiger partial charge in [0.05, 0.1) is 51.0 Å². The lowest BCUT2D eigenvalue weighted by atomic mass is 10.1. The summed E-state index contributed by atoms with van der Waals surface area (Å²) < 4.78 is 34.0. The number of hydrogen-bond donors (Lipinski definition) is 0. The summed E-state index contributed by atoms with van der Waals surface area (Å²) in [5.41, 5.74) is 1.28. The van der Waals surface area contributed by atoms with Crippen molar-refractivity contribution in [2.45, 2.75) is 188 Å². The molecule has 0 fully saturated rings. The van der Waals surface area contributed by atoms with Gasteiger partial charge in [-0.2, -0.15) is 0 Å². The molecule has 66 heavy (non-hydrogen) atoms. The molecule has 1 aliphatic heterocycles. The number of carbonyl (C=O) groups excluding carboxylic acids is 6. The van der Waals surface area contributed by atoms with Crippen LogP contribution in [0.15, 0.2) is 18.2 Å². The summed E-state index contributed by atoms with van der Waals surface area (Å²) >= 11 is 0. The minimum atomic E-state index is -0.893. The van der Waals surface area contributed by atoms with Crippen molar-refractivity contribution >= 4 is 35.8 Å². The molecule has 0 amide bonds. The average molecular weight is 933 g/mol. The number of hydrogen-bond acceptors (Lipinski definition) is 16. The van der Waals surface area contributed by atoms with E-state index in [2.05, 4.69) is 0 Å². The third-order valence-electron chi connectivity index (χ3n) is 11.5. The van der Waals surface area contributed by atoms with E-state index in [9.17, 15) is 28.8 Å². The normalized spacial score (nSPS) is 15.3. The molecule has 16 heteroatoms. The van der Waals surface area contributed by atoms with Crippen molar-refractivity contribution in [2.24, 2.45) is 0 Å². The SMILES string of the molecule is CCCCOC(=O)CCC(C(=O)OCCCC)N1CCN([C@@H](CCC(=O)OCCCC)C(=O)OCCCC)Cc2cccc(n2)CN([C@@H](CCC(=O)OCCCC)C(=O)OCCCC)CC1.